The van der Waals surface area contributed by atoms with Gasteiger partial charge in [0.05, 0.1) is 12.1 Å². The van der Waals surface area contributed by atoms with E-state index in [4.69, 9.17) is 4.74 Å². The van der Waals surface area contributed by atoms with Crippen molar-refractivity contribution in [3.63, 3.8) is 0 Å². The molecule has 0 aromatic heterocycles. The van der Waals surface area contributed by atoms with Gasteiger partial charge in [0.2, 0.25) is 5.91 Å². The number of hydrogen-bond donors (Lipinski definition) is 0. The van der Waals surface area contributed by atoms with Crippen LogP contribution < -0.4 is 0 Å². The van der Waals surface area contributed by atoms with E-state index < -0.39 is 0 Å². The van der Waals surface area contributed by atoms with Gasteiger partial charge in [0.25, 0.3) is 0 Å². The van der Waals surface area contributed by atoms with Crippen LogP contribution in [0, 0.1) is 0 Å². The van der Waals surface area contributed by atoms with Gasteiger partial charge in [0.15, 0.2) is 0 Å². The van der Waals surface area contributed by atoms with Crippen LogP contribution in [0.1, 0.15) is 12.0 Å². The third kappa shape index (κ3) is 2.86. The number of likely N-dealkylation sites (tertiary alicyclic amines) is 1. The van der Waals surface area contributed by atoms with E-state index in [1.54, 1.807) is 0 Å². The van der Waals surface area contributed by atoms with Gasteiger partial charge in [-0.15, -0.1) is 0 Å². The summed E-state index contributed by atoms with van der Waals surface area (Å²) < 4.78 is 5.65. The minimum Gasteiger partial charge on any atom is -0.365 e. The number of carbonyl (C=O) groups excluding carboxylic acids is 1. The molecule has 4 nitrogen and oxygen atoms in total. The first-order valence-electron chi connectivity index (χ1n) is 7.37. The molecule has 2 atom stereocenters. The van der Waals surface area contributed by atoms with E-state index in [9.17, 15) is 4.79 Å². The Hall–Kier alpha value is -1.39. The molecule has 1 aromatic carbocycles. The highest BCUT2D eigenvalue weighted by molar-refractivity contribution is 5.78. The highest BCUT2D eigenvalue weighted by atomic mass is 16.5. The maximum Gasteiger partial charge on any atom is 0.248 e. The average Bonchev–Trinajstić information content (AvgIpc) is 2.88. The van der Waals surface area contributed by atoms with Gasteiger partial charge in [-0.1, -0.05) is 30.3 Å². The highest BCUT2D eigenvalue weighted by Crippen LogP contribution is 2.22. The summed E-state index contributed by atoms with van der Waals surface area (Å²) in [5, 5.41) is 0. The molecule has 0 saturated carbocycles. The molecule has 2 fully saturated rings. The Kier molecular flexibility index (Phi) is 4.03. The molecule has 0 N–H and O–H groups in total. The molecule has 1 aromatic rings. The Bertz CT molecular complexity index is 463. The second-order valence-corrected chi connectivity index (χ2v) is 5.77. The molecule has 2 unspecified atom stereocenters. The number of ether oxygens (including phenoxy) is 1. The van der Waals surface area contributed by atoms with Crippen LogP contribution in [0.25, 0.3) is 0 Å². The smallest absolute Gasteiger partial charge is 0.248 e. The van der Waals surface area contributed by atoms with Crippen molar-refractivity contribution in [1.82, 2.24) is 9.80 Å². The minimum atomic E-state index is 0.109. The van der Waals surface area contributed by atoms with Gasteiger partial charge in [-0.05, 0) is 24.9 Å². The number of nitrogens with zero attached hydrogens (tertiary/aromatic N) is 2. The lowest BCUT2D eigenvalue weighted by molar-refractivity contribution is -0.150. The molecule has 0 bridgehead atoms. The van der Waals surface area contributed by atoms with Gasteiger partial charge in [-0.3, -0.25) is 9.69 Å². The summed E-state index contributed by atoms with van der Waals surface area (Å²) in [5.41, 5.74) is 1.40. The van der Waals surface area contributed by atoms with Gasteiger partial charge in [0, 0.05) is 20.1 Å². The zero-order chi connectivity index (χ0) is 13.9. The number of aryl methyl sites for hydroxylation is 1. The first-order valence-corrected chi connectivity index (χ1v) is 7.37. The van der Waals surface area contributed by atoms with Crippen molar-refractivity contribution in [1.29, 1.82) is 0 Å². The summed E-state index contributed by atoms with van der Waals surface area (Å²) in [6.45, 7) is 3.22. The monoisotopic (exact) mass is 274 g/mol. The fourth-order valence-corrected chi connectivity index (χ4v) is 3.17. The molecule has 0 radical (unpaired) electrons. The molecule has 2 saturated heterocycles. The van der Waals surface area contributed by atoms with Crippen molar-refractivity contribution in [3.8, 4) is 0 Å². The SMILES string of the molecule is CN1C(=O)COC2CN(CCCc3ccccc3)CC21. The molecule has 20 heavy (non-hydrogen) atoms. The van der Waals surface area contributed by atoms with Gasteiger partial charge in [-0.25, -0.2) is 0 Å². The number of amides is 1. The maximum atomic E-state index is 11.6. The molecular formula is C16H22N2O2. The zero-order valence-electron chi connectivity index (χ0n) is 12.0. The van der Waals surface area contributed by atoms with Crippen molar-refractivity contribution in [2.75, 3.05) is 33.3 Å². The Labute approximate surface area is 120 Å². The van der Waals surface area contributed by atoms with Gasteiger partial charge in [-0.2, -0.15) is 0 Å². The molecule has 2 heterocycles. The number of fused-ring (bicyclic) bond motifs is 1. The lowest BCUT2D eigenvalue weighted by Gasteiger charge is -2.33. The molecule has 2 aliphatic heterocycles. The van der Waals surface area contributed by atoms with E-state index in [1.807, 2.05) is 11.9 Å². The number of rotatable bonds is 4. The third-order valence-corrected chi connectivity index (χ3v) is 4.41. The van der Waals surface area contributed by atoms with E-state index in [0.29, 0.717) is 0 Å². The van der Waals surface area contributed by atoms with E-state index in [2.05, 4.69) is 35.2 Å². The molecule has 0 spiro atoms. The summed E-state index contributed by atoms with van der Waals surface area (Å²) in [5.74, 6) is 0.109. The van der Waals surface area contributed by atoms with Crippen molar-refractivity contribution >= 4 is 5.91 Å². The van der Waals surface area contributed by atoms with Gasteiger partial charge in [0.1, 0.15) is 6.61 Å². The predicted octanol–water partition coefficient (Wildman–Crippen LogP) is 1.16. The summed E-state index contributed by atoms with van der Waals surface area (Å²) in [6, 6.07) is 10.8. The Morgan fingerprint density at radius 2 is 2.05 bits per heavy atom. The standard InChI is InChI=1S/C16H22N2O2/c1-17-14-10-18(11-15(14)20-12-16(17)19)9-5-8-13-6-3-2-4-7-13/h2-4,6-7,14-15H,5,8-12H2,1H3. The molecule has 0 aliphatic carbocycles. The van der Waals surface area contributed by atoms with Crippen LogP contribution >= 0.6 is 0 Å². The van der Waals surface area contributed by atoms with Crippen LogP contribution in [0.15, 0.2) is 30.3 Å². The molecule has 4 heteroatoms. The number of likely N-dealkylation sites (N-methyl/N-ethyl adjacent to an activating group) is 1. The average molecular weight is 274 g/mol. The first kappa shape index (κ1) is 13.6. The lowest BCUT2D eigenvalue weighted by atomic mass is 10.1. The van der Waals surface area contributed by atoms with Crippen molar-refractivity contribution in [3.05, 3.63) is 35.9 Å². The normalized spacial score (nSPS) is 26.9. The quantitative estimate of drug-likeness (QED) is 0.826. The topological polar surface area (TPSA) is 32.8 Å². The Morgan fingerprint density at radius 1 is 1.25 bits per heavy atom. The van der Waals surface area contributed by atoms with Crippen LogP contribution in [0.3, 0.4) is 0 Å². The Morgan fingerprint density at radius 3 is 2.85 bits per heavy atom. The number of carbonyl (C=O) groups is 1. The molecule has 2 aliphatic rings. The predicted molar refractivity (Wildman–Crippen MR) is 77.5 cm³/mol. The molecule has 108 valence electrons. The zero-order valence-corrected chi connectivity index (χ0v) is 12.0. The summed E-state index contributed by atoms with van der Waals surface area (Å²) in [4.78, 5) is 15.9. The largest absolute Gasteiger partial charge is 0.365 e. The van der Waals surface area contributed by atoms with E-state index in [-0.39, 0.29) is 24.7 Å². The fourth-order valence-electron chi connectivity index (χ4n) is 3.17. The van der Waals surface area contributed by atoms with Crippen LogP contribution in [0.4, 0.5) is 0 Å². The van der Waals surface area contributed by atoms with Crippen molar-refractivity contribution in [2.45, 2.75) is 25.0 Å². The highest BCUT2D eigenvalue weighted by Gasteiger charge is 2.41. The fraction of sp³-hybridized carbons (Fsp3) is 0.562. The van der Waals surface area contributed by atoms with E-state index >= 15 is 0 Å². The minimum absolute atomic E-state index is 0.109. The van der Waals surface area contributed by atoms with E-state index in [0.717, 1.165) is 32.5 Å². The second-order valence-electron chi connectivity index (χ2n) is 5.77. The maximum absolute atomic E-state index is 11.6. The number of hydrogen-bond acceptors (Lipinski definition) is 3. The number of morpholine rings is 1. The lowest BCUT2D eigenvalue weighted by Crippen LogP contribution is -2.51. The molecule has 1 amide bonds. The van der Waals surface area contributed by atoms with E-state index in [1.165, 1.54) is 5.56 Å². The van der Waals surface area contributed by atoms with Crippen LogP contribution in [-0.4, -0.2) is 61.1 Å². The summed E-state index contributed by atoms with van der Waals surface area (Å²) in [6.07, 6.45) is 2.47. The van der Waals surface area contributed by atoms with Crippen LogP contribution in [-0.2, 0) is 16.0 Å². The number of benzene rings is 1. The second kappa shape index (κ2) is 5.94. The summed E-state index contributed by atoms with van der Waals surface area (Å²) in [7, 11) is 1.90. The summed E-state index contributed by atoms with van der Waals surface area (Å²) >= 11 is 0. The van der Waals surface area contributed by atoms with Crippen LogP contribution in [0.2, 0.25) is 0 Å². The molecular weight excluding hydrogens is 252 g/mol. The van der Waals surface area contributed by atoms with Gasteiger partial charge >= 0.3 is 0 Å². The Balaban J connectivity index is 1.47. The third-order valence-electron chi connectivity index (χ3n) is 4.41. The first-order chi connectivity index (χ1) is 9.74. The van der Waals surface area contributed by atoms with Crippen LogP contribution in [0.5, 0.6) is 0 Å². The van der Waals surface area contributed by atoms with Crippen molar-refractivity contribution in [2.24, 2.45) is 0 Å². The van der Waals surface area contributed by atoms with Gasteiger partial charge < -0.3 is 9.64 Å². The molecule has 3 rings (SSSR count). The van der Waals surface area contributed by atoms with Crippen molar-refractivity contribution < 1.29 is 9.53 Å².